The van der Waals surface area contributed by atoms with Gasteiger partial charge in [-0.05, 0) is 30.3 Å². The van der Waals surface area contributed by atoms with Crippen molar-refractivity contribution in [2.45, 2.75) is 0 Å². The Morgan fingerprint density at radius 2 is 1.60 bits per heavy atom. The fraction of sp³-hybridized carbons (Fsp3) is 0. The minimum Gasteiger partial charge on any atom is -0.283 e. The number of hydrogen-bond donors (Lipinski definition) is 0. The van der Waals surface area contributed by atoms with Gasteiger partial charge in [0.05, 0.1) is 11.3 Å². The van der Waals surface area contributed by atoms with Crippen LogP contribution >= 0.6 is 0 Å². The molecule has 1 aromatic carbocycles. The lowest BCUT2D eigenvalue weighted by molar-refractivity contribution is 0.991. The average Bonchev–Trinajstić information content (AvgIpc) is 2.70. The number of hydrogen-bond acceptors (Lipinski definition) is 4. The predicted octanol–water partition coefficient (Wildman–Crippen LogP) is 3.36. The quantitative estimate of drug-likeness (QED) is 0.579. The number of para-hydroxylation sites is 1. The number of rotatable bonds is 3. The second-order valence-corrected chi connectivity index (χ2v) is 5.50. The maximum Gasteiger partial charge on any atom is 0.263 e. The smallest absolute Gasteiger partial charge is 0.263 e. The van der Waals surface area contributed by atoms with Crippen molar-refractivity contribution in [3.63, 3.8) is 0 Å². The molecule has 0 aliphatic carbocycles. The highest BCUT2D eigenvalue weighted by Crippen LogP contribution is 2.22. The molecule has 3 heterocycles. The van der Waals surface area contributed by atoms with Crippen LogP contribution < -0.4 is 5.56 Å². The van der Waals surface area contributed by atoms with Gasteiger partial charge in [-0.2, -0.15) is 0 Å². The first kappa shape index (κ1) is 15.0. The molecule has 3 aromatic heterocycles. The Balaban J connectivity index is 2.00. The highest BCUT2D eigenvalue weighted by atomic mass is 16.1. The van der Waals surface area contributed by atoms with Gasteiger partial charge < -0.3 is 0 Å². The third-order valence-corrected chi connectivity index (χ3v) is 3.88. The van der Waals surface area contributed by atoms with E-state index < -0.39 is 0 Å². The predicted molar refractivity (Wildman–Crippen MR) is 96.3 cm³/mol. The SMILES string of the molecule is O=c1c(-c2cncnc2)cc(-c2ccccn2)cn1-c1ccccc1. The summed E-state index contributed by atoms with van der Waals surface area (Å²) in [6.07, 6.45) is 8.27. The molecule has 5 nitrogen and oxygen atoms in total. The molecule has 0 spiro atoms. The molecule has 0 radical (unpaired) electrons. The van der Waals surface area contributed by atoms with Crippen molar-refractivity contribution < 1.29 is 0 Å². The second kappa shape index (κ2) is 6.49. The molecular formula is C20H14N4O. The van der Waals surface area contributed by atoms with Gasteiger partial charge in [-0.1, -0.05) is 24.3 Å². The van der Waals surface area contributed by atoms with Gasteiger partial charge in [0.2, 0.25) is 0 Å². The molecule has 0 aliphatic rings. The van der Waals surface area contributed by atoms with Crippen LogP contribution in [0.1, 0.15) is 0 Å². The lowest BCUT2D eigenvalue weighted by Crippen LogP contribution is -2.20. The largest absolute Gasteiger partial charge is 0.283 e. The first-order chi connectivity index (χ1) is 12.3. The van der Waals surface area contributed by atoms with E-state index in [1.807, 2.05) is 60.8 Å². The molecule has 0 unspecified atom stereocenters. The molecule has 120 valence electrons. The zero-order chi connectivity index (χ0) is 17.1. The second-order valence-electron chi connectivity index (χ2n) is 5.50. The first-order valence-electron chi connectivity index (χ1n) is 7.82. The zero-order valence-electron chi connectivity index (χ0n) is 13.3. The summed E-state index contributed by atoms with van der Waals surface area (Å²) in [5.41, 5.74) is 3.53. The number of benzene rings is 1. The van der Waals surface area contributed by atoms with Gasteiger partial charge in [0.25, 0.3) is 5.56 Å². The van der Waals surface area contributed by atoms with Crippen molar-refractivity contribution in [2.24, 2.45) is 0 Å². The summed E-state index contributed by atoms with van der Waals surface area (Å²) in [4.78, 5) is 25.5. The first-order valence-corrected chi connectivity index (χ1v) is 7.82. The maximum absolute atomic E-state index is 13.0. The summed E-state index contributed by atoms with van der Waals surface area (Å²) >= 11 is 0. The molecule has 5 heteroatoms. The van der Waals surface area contributed by atoms with Crippen LogP contribution in [-0.4, -0.2) is 19.5 Å². The molecule has 4 rings (SSSR count). The molecular weight excluding hydrogens is 312 g/mol. The van der Waals surface area contributed by atoms with E-state index in [0.29, 0.717) is 11.1 Å². The number of nitrogens with zero attached hydrogens (tertiary/aromatic N) is 4. The minimum atomic E-state index is -0.124. The van der Waals surface area contributed by atoms with E-state index in [-0.39, 0.29) is 5.56 Å². The van der Waals surface area contributed by atoms with E-state index in [2.05, 4.69) is 15.0 Å². The van der Waals surface area contributed by atoms with Gasteiger partial charge in [-0.15, -0.1) is 0 Å². The van der Waals surface area contributed by atoms with Crippen LogP contribution in [0.15, 0.2) is 90.5 Å². The Hall–Kier alpha value is -3.60. The fourth-order valence-corrected chi connectivity index (χ4v) is 2.68. The van der Waals surface area contributed by atoms with Gasteiger partial charge in [0, 0.05) is 41.6 Å². The molecule has 0 saturated carbocycles. The normalized spacial score (nSPS) is 10.6. The Morgan fingerprint density at radius 1 is 0.840 bits per heavy atom. The van der Waals surface area contributed by atoms with Crippen LogP contribution in [0.4, 0.5) is 0 Å². The van der Waals surface area contributed by atoms with E-state index in [4.69, 9.17) is 0 Å². The highest BCUT2D eigenvalue weighted by Gasteiger charge is 2.12. The van der Waals surface area contributed by atoms with E-state index in [1.165, 1.54) is 6.33 Å². The van der Waals surface area contributed by atoms with Crippen molar-refractivity contribution in [3.8, 4) is 28.1 Å². The van der Waals surface area contributed by atoms with E-state index >= 15 is 0 Å². The van der Waals surface area contributed by atoms with Gasteiger partial charge in [0.1, 0.15) is 6.33 Å². The molecule has 25 heavy (non-hydrogen) atoms. The minimum absolute atomic E-state index is 0.124. The highest BCUT2D eigenvalue weighted by molar-refractivity contribution is 5.69. The summed E-state index contributed by atoms with van der Waals surface area (Å²) < 4.78 is 1.63. The molecule has 0 aliphatic heterocycles. The Labute approximate surface area is 144 Å². The maximum atomic E-state index is 13.0. The Kier molecular flexibility index (Phi) is 3.88. The lowest BCUT2D eigenvalue weighted by atomic mass is 10.1. The summed E-state index contributed by atoms with van der Waals surface area (Å²) in [5, 5.41) is 0. The molecule has 0 saturated heterocycles. The van der Waals surface area contributed by atoms with Crippen LogP contribution in [0.5, 0.6) is 0 Å². The summed E-state index contributed by atoms with van der Waals surface area (Å²) in [7, 11) is 0. The topological polar surface area (TPSA) is 60.7 Å². The molecule has 0 fully saturated rings. The van der Waals surface area contributed by atoms with Gasteiger partial charge in [0.15, 0.2) is 0 Å². The van der Waals surface area contributed by atoms with Gasteiger partial charge in [-0.25, -0.2) is 9.97 Å². The third-order valence-electron chi connectivity index (χ3n) is 3.88. The lowest BCUT2D eigenvalue weighted by Gasteiger charge is -2.11. The molecule has 0 N–H and O–H groups in total. The molecule has 0 amide bonds. The van der Waals surface area contributed by atoms with Crippen molar-refractivity contribution in [1.82, 2.24) is 19.5 Å². The van der Waals surface area contributed by atoms with Crippen molar-refractivity contribution in [3.05, 3.63) is 96.1 Å². The van der Waals surface area contributed by atoms with Crippen molar-refractivity contribution in [2.75, 3.05) is 0 Å². The third kappa shape index (κ3) is 2.95. The Morgan fingerprint density at radius 3 is 2.32 bits per heavy atom. The van der Waals surface area contributed by atoms with E-state index in [1.54, 1.807) is 23.2 Å². The average molecular weight is 326 g/mol. The number of pyridine rings is 2. The standard InChI is InChI=1S/C20H14N4O/c25-20-18(16-11-21-14-22-12-16)10-15(19-8-4-5-9-23-19)13-24(20)17-6-2-1-3-7-17/h1-14H. The summed E-state index contributed by atoms with van der Waals surface area (Å²) in [6.45, 7) is 0. The van der Waals surface area contributed by atoms with E-state index in [9.17, 15) is 4.79 Å². The van der Waals surface area contributed by atoms with Crippen LogP contribution in [0.2, 0.25) is 0 Å². The number of aromatic nitrogens is 4. The van der Waals surface area contributed by atoms with Crippen molar-refractivity contribution >= 4 is 0 Å². The van der Waals surface area contributed by atoms with Crippen LogP contribution in [0.25, 0.3) is 28.1 Å². The summed E-state index contributed by atoms with van der Waals surface area (Å²) in [5.74, 6) is 0. The molecule has 0 bridgehead atoms. The van der Waals surface area contributed by atoms with Crippen LogP contribution in [0, 0.1) is 0 Å². The fourth-order valence-electron chi connectivity index (χ4n) is 2.68. The Bertz CT molecular complexity index is 982. The van der Waals surface area contributed by atoms with E-state index in [0.717, 1.165) is 16.9 Å². The zero-order valence-corrected chi connectivity index (χ0v) is 13.3. The van der Waals surface area contributed by atoms with Crippen LogP contribution in [-0.2, 0) is 0 Å². The summed E-state index contributed by atoms with van der Waals surface area (Å²) in [6, 6.07) is 17.1. The van der Waals surface area contributed by atoms with Crippen molar-refractivity contribution in [1.29, 1.82) is 0 Å². The van der Waals surface area contributed by atoms with Crippen LogP contribution in [0.3, 0.4) is 0 Å². The van der Waals surface area contributed by atoms with Gasteiger partial charge in [-0.3, -0.25) is 14.3 Å². The monoisotopic (exact) mass is 326 g/mol. The molecule has 0 atom stereocenters. The molecule has 4 aromatic rings. The van der Waals surface area contributed by atoms with Gasteiger partial charge >= 0.3 is 0 Å².